The number of nitrogens with one attached hydrogen (secondary N) is 1. The van der Waals surface area contributed by atoms with E-state index in [9.17, 15) is 4.79 Å². The Morgan fingerprint density at radius 3 is 2.32 bits per heavy atom. The third-order valence-electron chi connectivity index (χ3n) is 4.23. The quantitative estimate of drug-likeness (QED) is 0.818. The van der Waals surface area contributed by atoms with E-state index in [4.69, 9.17) is 5.73 Å². The average molecular weight is 260 g/mol. The largest absolute Gasteiger partial charge is 0.352 e. The van der Waals surface area contributed by atoms with E-state index in [0.717, 1.165) is 31.2 Å². The first-order valence-electron chi connectivity index (χ1n) is 7.29. The minimum atomic E-state index is -0.328. The normalized spacial score (nSPS) is 18.6. The molecule has 0 heterocycles. The Labute approximate surface area is 115 Å². The summed E-state index contributed by atoms with van der Waals surface area (Å²) in [4.78, 5) is 12.5. The number of hydrogen-bond donors (Lipinski definition) is 2. The number of benzene rings is 1. The Kier molecular flexibility index (Phi) is 4.97. The molecule has 1 aliphatic carbocycles. The molecule has 0 atom stereocenters. The first-order chi connectivity index (χ1) is 9.27. The van der Waals surface area contributed by atoms with Crippen molar-refractivity contribution in [3.05, 3.63) is 35.9 Å². The molecule has 1 aliphatic rings. The number of carbonyl (C=O) groups excluding carboxylic acids is 1. The fourth-order valence-electron chi connectivity index (χ4n) is 2.89. The first-order valence-corrected chi connectivity index (χ1v) is 7.29. The molecule has 0 saturated heterocycles. The summed E-state index contributed by atoms with van der Waals surface area (Å²) in [5.41, 5.74) is 6.72. The van der Waals surface area contributed by atoms with Crippen molar-refractivity contribution in [3.63, 3.8) is 0 Å². The molecule has 2 rings (SSSR count). The van der Waals surface area contributed by atoms with Crippen LogP contribution in [-0.2, 0) is 11.3 Å². The molecule has 0 spiro atoms. The minimum absolute atomic E-state index is 0.140. The second-order valence-electron chi connectivity index (χ2n) is 5.57. The number of nitrogens with two attached hydrogens (primary N) is 1. The van der Waals surface area contributed by atoms with Crippen LogP contribution in [0.4, 0.5) is 0 Å². The average Bonchev–Trinajstić information content (AvgIpc) is 2.72. The van der Waals surface area contributed by atoms with Crippen LogP contribution in [0.25, 0.3) is 0 Å². The van der Waals surface area contributed by atoms with Crippen molar-refractivity contribution in [1.29, 1.82) is 0 Å². The van der Waals surface area contributed by atoms with Crippen molar-refractivity contribution in [2.24, 2.45) is 11.1 Å². The van der Waals surface area contributed by atoms with Gasteiger partial charge in [0, 0.05) is 13.1 Å². The molecule has 0 radical (unpaired) electrons. The highest BCUT2D eigenvalue weighted by atomic mass is 16.2. The lowest BCUT2D eigenvalue weighted by molar-refractivity contribution is -0.131. The molecule has 3 N–H and O–H groups in total. The van der Waals surface area contributed by atoms with Gasteiger partial charge in [-0.1, -0.05) is 56.0 Å². The first kappa shape index (κ1) is 14.1. The molecule has 1 saturated carbocycles. The van der Waals surface area contributed by atoms with E-state index in [0.29, 0.717) is 13.1 Å². The van der Waals surface area contributed by atoms with Gasteiger partial charge in [0.1, 0.15) is 0 Å². The van der Waals surface area contributed by atoms with Gasteiger partial charge in [-0.25, -0.2) is 0 Å². The van der Waals surface area contributed by atoms with Crippen LogP contribution in [0, 0.1) is 5.41 Å². The maximum Gasteiger partial charge on any atom is 0.227 e. The predicted molar refractivity (Wildman–Crippen MR) is 77.5 cm³/mol. The Morgan fingerprint density at radius 2 is 1.74 bits per heavy atom. The Morgan fingerprint density at radius 1 is 1.11 bits per heavy atom. The van der Waals surface area contributed by atoms with E-state index >= 15 is 0 Å². The highest BCUT2D eigenvalue weighted by Crippen LogP contribution is 2.34. The Balaban J connectivity index is 1.96. The van der Waals surface area contributed by atoms with Gasteiger partial charge >= 0.3 is 0 Å². The smallest absolute Gasteiger partial charge is 0.227 e. The number of carbonyl (C=O) groups is 1. The van der Waals surface area contributed by atoms with Crippen molar-refractivity contribution < 1.29 is 4.79 Å². The summed E-state index contributed by atoms with van der Waals surface area (Å²) in [6, 6.07) is 10.0. The van der Waals surface area contributed by atoms with Gasteiger partial charge in [-0.05, 0) is 18.4 Å². The molecule has 0 bridgehead atoms. The van der Waals surface area contributed by atoms with Gasteiger partial charge in [0.15, 0.2) is 0 Å². The van der Waals surface area contributed by atoms with E-state index in [1.807, 2.05) is 30.3 Å². The lowest BCUT2D eigenvalue weighted by Gasteiger charge is -2.29. The number of rotatable bonds is 4. The molecule has 0 aliphatic heterocycles. The van der Waals surface area contributed by atoms with Crippen molar-refractivity contribution >= 4 is 5.91 Å². The molecule has 1 amide bonds. The fraction of sp³-hybridized carbons (Fsp3) is 0.562. The molecule has 0 aromatic heterocycles. The van der Waals surface area contributed by atoms with Crippen LogP contribution in [-0.4, -0.2) is 12.5 Å². The minimum Gasteiger partial charge on any atom is -0.352 e. The lowest BCUT2D eigenvalue weighted by Crippen LogP contribution is -2.45. The Bertz CT molecular complexity index is 394. The second-order valence-corrected chi connectivity index (χ2v) is 5.57. The third-order valence-corrected chi connectivity index (χ3v) is 4.23. The van der Waals surface area contributed by atoms with Crippen molar-refractivity contribution in [3.8, 4) is 0 Å². The van der Waals surface area contributed by atoms with E-state index in [1.165, 1.54) is 12.8 Å². The zero-order valence-corrected chi connectivity index (χ0v) is 11.5. The SMILES string of the molecule is NCC1(C(=O)NCc2ccccc2)CCCCCC1. The standard InChI is InChI=1S/C16H24N2O/c17-13-16(10-6-1-2-7-11-16)15(19)18-12-14-8-4-3-5-9-14/h3-5,8-9H,1-2,6-7,10-13,17H2,(H,18,19). The molecule has 3 heteroatoms. The van der Waals surface area contributed by atoms with Gasteiger partial charge in [-0.2, -0.15) is 0 Å². The molecule has 1 aromatic carbocycles. The van der Waals surface area contributed by atoms with Crippen LogP contribution in [0.1, 0.15) is 44.1 Å². The summed E-state index contributed by atoms with van der Waals surface area (Å²) in [5, 5.41) is 3.07. The van der Waals surface area contributed by atoms with Crippen molar-refractivity contribution in [1.82, 2.24) is 5.32 Å². The van der Waals surface area contributed by atoms with Crippen molar-refractivity contribution in [2.45, 2.75) is 45.1 Å². The van der Waals surface area contributed by atoms with E-state index in [2.05, 4.69) is 5.32 Å². The molecule has 1 fully saturated rings. The second kappa shape index (κ2) is 6.71. The maximum atomic E-state index is 12.5. The summed E-state index contributed by atoms with van der Waals surface area (Å²) in [7, 11) is 0. The summed E-state index contributed by atoms with van der Waals surface area (Å²) < 4.78 is 0. The van der Waals surface area contributed by atoms with Crippen LogP contribution in [0.3, 0.4) is 0 Å². The molecule has 19 heavy (non-hydrogen) atoms. The highest BCUT2D eigenvalue weighted by molar-refractivity contribution is 5.82. The molecule has 104 valence electrons. The monoisotopic (exact) mass is 260 g/mol. The topological polar surface area (TPSA) is 55.1 Å². The summed E-state index contributed by atoms with van der Waals surface area (Å²) in [6.45, 7) is 1.06. The van der Waals surface area contributed by atoms with Crippen LogP contribution in [0.2, 0.25) is 0 Å². The van der Waals surface area contributed by atoms with Crippen LogP contribution in [0.15, 0.2) is 30.3 Å². The van der Waals surface area contributed by atoms with Gasteiger partial charge in [0.2, 0.25) is 5.91 Å². The van der Waals surface area contributed by atoms with Crippen LogP contribution < -0.4 is 11.1 Å². The van der Waals surface area contributed by atoms with Crippen molar-refractivity contribution in [2.75, 3.05) is 6.54 Å². The zero-order chi connectivity index (χ0) is 13.6. The van der Waals surface area contributed by atoms with Gasteiger partial charge < -0.3 is 11.1 Å². The van der Waals surface area contributed by atoms with Crippen LogP contribution in [0.5, 0.6) is 0 Å². The fourth-order valence-corrected chi connectivity index (χ4v) is 2.89. The van der Waals surface area contributed by atoms with Gasteiger partial charge in [0.05, 0.1) is 5.41 Å². The highest BCUT2D eigenvalue weighted by Gasteiger charge is 2.36. The van der Waals surface area contributed by atoms with Gasteiger partial charge in [0.25, 0.3) is 0 Å². The summed E-state index contributed by atoms with van der Waals surface area (Å²) in [5.74, 6) is 0.140. The molecule has 0 unspecified atom stereocenters. The number of amides is 1. The third kappa shape index (κ3) is 3.57. The predicted octanol–water partition coefficient (Wildman–Crippen LogP) is 2.60. The van der Waals surface area contributed by atoms with Gasteiger partial charge in [-0.15, -0.1) is 0 Å². The molecule has 1 aromatic rings. The van der Waals surface area contributed by atoms with Gasteiger partial charge in [-0.3, -0.25) is 4.79 Å². The Hall–Kier alpha value is -1.35. The molecule has 3 nitrogen and oxygen atoms in total. The molecular weight excluding hydrogens is 236 g/mol. The summed E-state index contributed by atoms with van der Waals surface area (Å²) >= 11 is 0. The van der Waals surface area contributed by atoms with Crippen LogP contribution >= 0.6 is 0 Å². The maximum absolute atomic E-state index is 12.5. The van der Waals surface area contributed by atoms with E-state index < -0.39 is 0 Å². The lowest BCUT2D eigenvalue weighted by atomic mass is 9.79. The van der Waals surface area contributed by atoms with E-state index in [-0.39, 0.29) is 11.3 Å². The molecular formula is C16H24N2O. The number of hydrogen-bond acceptors (Lipinski definition) is 2. The summed E-state index contributed by atoms with van der Waals surface area (Å²) in [6.07, 6.45) is 6.57. The zero-order valence-electron chi connectivity index (χ0n) is 11.5. The van der Waals surface area contributed by atoms with E-state index in [1.54, 1.807) is 0 Å².